The number of amides is 2. The lowest BCUT2D eigenvalue weighted by Gasteiger charge is -2.36. The molecular weight excluding hydrogens is 685 g/mol. The minimum atomic E-state index is -2.72. The van der Waals surface area contributed by atoms with Gasteiger partial charge in [-0.3, -0.25) is 14.9 Å². The highest BCUT2D eigenvalue weighted by molar-refractivity contribution is 6.00. The van der Waals surface area contributed by atoms with Crippen LogP contribution in [0.1, 0.15) is 124 Å². The number of aromatic nitrogens is 3. The average Bonchev–Trinajstić information content (AvgIpc) is 3.55. The number of fused-ring (bicyclic) bond motifs is 1. The molecule has 0 bridgehead atoms. The van der Waals surface area contributed by atoms with Gasteiger partial charge in [0, 0.05) is 37.3 Å². The van der Waals surface area contributed by atoms with Crippen molar-refractivity contribution < 1.29 is 32.6 Å². The summed E-state index contributed by atoms with van der Waals surface area (Å²) in [6.07, 6.45) is 6.31. The van der Waals surface area contributed by atoms with E-state index in [-0.39, 0.29) is 47.6 Å². The third-order valence-corrected chi connectivity index (χ3v) is 11.0. The normalized spacial score (nSPS) is 22.4. The number of aliphatic hydroxyl groups is 1. The Kier molecular flexibility index (Phi) is 11.0. The number of anilines is 1. The molecule has 3 aromatic heterocycles. The molecule has 2 unspecified atom stereocenters. The Morgan fingerprint density at radius 2 is 1.74 bits per heavy atom. The highest BCUT2D eigenvalue weighted by Crippen LogP contribution is 2.39. The summed E-state index contributed by atoms with van der Waals surface area (Å²) in [6, 6.07) is 11.2. The van der Waals surface area contributed by atoms with Crippen molar-refractivity contribution in [2.75, 3.05) is 25.0 Å². The molecule has 3 fully saturated rings. The second-order valence-electron chi connectivity index (χ2n) is 15.1. The molecule has 53 heavy (non-hydrogen) atoms. The highest BCUT2D eigenvalue weighted by atomic mass is 19.3. The molecule has 10 nitrogen and oxygen atoms in total. The number of aliphatic hydroxyl groups excluding tert-OH is 1. The number of benzene rings is 1. The van der Waals surface area contributed by atoms with E-state index in [1.54, 1.807) is 12.3 Å². The summed E-state index contributed by atoms with van der Waals surface area (Å²) >= 11 is 0. The number of carbonyl (C=O) groups is 2. The number of piperidine rings is 2. The highest BCUT2D eigenvalue weighted by Gasteiger charge is 2.31. The van der Waals surface area contributed by atoms with Crippen LogP contribution in [-0.4, -0.2) is 61.9 Å². The first-order chi connectivity index (χ1) is 25.5. The van der Waals surface area contributed by atoms with E-state index in [1.807, 2.05) is 36.6 Å². The van der Waals surface area contributed by atoms with Crippen LogP contribution in [0, 0.1) is 11.7 Å². The Morgan fingerprint density at radius 3 is 2.43 bits per heavy atom. The van der Waals surface area contributed by atoms with Crippen LogP contribution in [0.15, 0.2) is 54.9 Å². The number of rotatable bonds is 11. The molecule has 1 saturated carbocycles. The maximum atomic E-state index is 15.3. The second-order valence-corrected chi connectivity index (χ2v) is 15.1. The number of nitrogens with zero attached hydrogens (tertiary/aromatic N) is 4. The number of imidazole rings is 1. The maximum Gasteiger partial charge on any atom is 0.280 e. The summed E-state index contributed by atoms with van der Waals surface area (Å²) in [5.41, 5.74) is 3.11. The third kappa shape index (κ3) is 8.51. The lowest BCUT2D eigenvalue weighted by molar-refractivity contribution is -0.134. The van der Waals surface area contributed by atoms with E-state index in [9.17, 15) is 23.5 Å². The quantitative estimate of drug-likeness (QED) is 0.108. The van der Waals surface area contributed by atoms with Gasteiger partial charge >= 0.3 is 0 Å². The minimum absolute atomic E-state index is 0.130. The molecule has 0 spiro atoms. The summed E-state index contributed by atoms with van der Waals surface area (Å²) in [6.45, 7) is 6.65. The first-order valence-electron chi connectivity index (χ1n) is 18.7. The van der Waals surface area contributed by atoms with Gasteiger partial charge in [0.05, 0.1) is 23.3 Å². The Labute approximate surface area is 307 Å². The second kappa shape index (κ2) is 15.9. The standard InChI is InChI=1S/C40H47F3N6O4/c1-23(2)53-34-19-36-45-33(22-49(36)21-30(34)40(52)46-35-5-3-4-32(44-35)38(42)43)26-8-6-24(7-9-26)20-48-16-14-25(15-17-48)28-11-10-27(18-31(28)41)29-12-13-37(50)47-39(29)51/h3-5,10-11,18-19,21-26,29,38,40,52H,6-9,12-17,20H2,1-2H3,(H,44,46)(H,47,50,51). The van der Waals surface area contributed by atoms with Crippen LogP contribution in [0.3, 0.4) is 0 Å². The Hall–Kier alpha value is -4.49. The number of hydrogen-bond donors (Lipinski definition) is 3. The molecule has 2 aliphatic heterocycles. The van der Waals surface area contributed by atoms with Crippen molar-refractivity contribution >= 4 is 23.3 Å². The largest absolute Gasteiger partial charge is 0.490 e. The molecular formula is C40H47F3N6O4. The molecule has 3 N–H and O–H groups in total. The fourth-order valence-corrected chi connectivity index (χ4v) is 8.22. The van der Waals surface area contributed by atoms with Crippen LogP contribution in [0.4, 0.5) is 19.0 Å². The van der Waals surface area contributed by atoms with Gasteiger partial charge in [0.2, 0.25) is 11.8 Å². The van der Waals surface area contributed by atoms with Crippen LogP contribution >= 0.6 is 0 Å². The Balaban J connectivity index is 0.934. The van der Waals surface area contributed by atoms with Crippen molar-refractivity contribution in [3.63, 3.8) is 0 Å². The summed E-state index contributed by atoms with van der Waals surface area (Å²) in [5, 5.41) is 16.3. The molecule has 3 aliphatic rings. The van der Waals surface area contributed by atoms with Crippen molar-refractivity contribution in [3.05, 3.63) is 88.8 Å². The van der Waals surface area contributed by atoms with E-state index >= 15 is 4.39 Å². The molecule has 2 atom stereocenters. The number of hydrogen-bond acceptors (Lipinski definition) is 8. The zero-order valence-corrected chi connectivity index (χ0v) is 30.1. The van der Waals surface area contributed by atoms with Crippen molar-refractivity contribution in [2.45, 2.75) is 102 Å². The molecule has 5 heterocycles. The molecule has 7 rings (SSSR count). The van der Waals surface area contributed by atoms with Gasteiger partial charge in [0.1, 0.15) is 28.7 Å². The van der Waals surface area contributed by atoms with E-state index in [1.165, 1.54) is 24.3 Å². The van der Waals surface area contributed by atoms with Gasteiger partial charge in [0.25, 0.3) is 6.43 Å². The molecule has 4 aromatic rings. The summed E-state index contributed by atoms with van der Waals surface area (Å²) in [4.78, 5) is 35.2. The molecule has 282 valence electrons. The van der Waals surface area contributed by atoms with Crippen LogP contribution in [-0.2, 0) is 9.59 Å². The van der Waals surface area contributed by atoms with Gasteiger partial charge in [-0.05, 0) is 113 Å². The van der Waals surface area contributed by atoms with E-state index in [2.05, 4.69) is 20.5 Å². The van der Waals surface area contributed by atoms with E-state index in [0.29, 0.717) is 46.3 Å². The minimum Gasteiger partial charge on any atom is -0.490 e. The zero-order chi connectivity index (χ0) is 37.2. The number of ether oxygens (including phenoxy) is 1. The van der Waals surface area contributed by atoms with Gasteiger partial charge in [0.15, 0.2) is 6.23 Å². The third-order valence-electron chi connectivity index (χ3n) is 11.0. The fourth-order valence-electron chi connectivity index (χ4n) is 8.22. The fraction of sp³-hybridized carbons (Fsp3) is 0.500. The van der Waals surface area contributed by atoms with Gasteiger partial charge in [-0.2, -0.15) is 0 Å². The van der Waals surface area contributed by atoms with E-state index in [4.69, 9.17) is 9.72 Å². The smallest absolute Gasteiger partial charge is 0.280 e. The average molecular weight is 733 g/mol. The van der Waals surface area contributed by atoms with Crippen molar-refractivity contribution in [1.29, 1.82) is 0 Å². The van der Waals surface area contributed by atoms with Crippen molar-refractivity contribution in [2.24, 2.45) is 5.92 Å². The van der Waals surface area contributed by atoms with Crippen LogP contribution in [0.5, 0.6) is 5.75 Å². The molecule has 2 amide bonds. The SMILES string of the molecule is CC(C)Oc1cc2nc(C3CCC(CN4CCC(c5ccc(C6CCC(=O)NC6=O)cc5F)CC4)CC3)cn2cc1C(O)Nc1cccc(C(F)F)n1. The lowest BCUT2D eigenvalue weighted by Crippen LogP contribution is -2.39. The summed E-state index contributed by atoms with van der Waals surface area (Å²) in [5.74, 6) is 0.246. The Morgan fingerprint density at radius 1 is 0.962 bits per heavy atom. The van der Waals surface area contributed by atoms with Crippen LogP contribution in [0.25, 0.3) is 5.65 Å². The van der Waals surface area contributed by atoms with Gasteiger partial charge < -0.3 is 24.5 Å². The van der Waals surface area contributed by atoms with Crippen LogP contribution < -0.4 is 15.4 Å². The molecule has 1 aliphatic carbocycles. The monoisotopic (exact) mass is 732 g/mol. The zero-order valence-electron chi connectivity index (χ0n) is 30.1. The molecule has 13 heteroatoms. The molecule has 2 saturated heterocycles. The van der Waals surface area contributed by atoms with Crippen molar-refractivity contribution in [1.82, 2.24) is 24.6 Å². The van der Waals surface area contributed by atoms with Gasteiger partial charge in [-0.1, -0.05) is 18.2 Å². The predicted molar refractivity (Wildman–Crippen MR) is 193 cm³/mol. The number of carbonyl (C=O) groups excluding carboxylic acids is 2. The predicted octanol–water partition coefficient (Wildman–Crippen LogP) is 7.37. The lowest BCUT2D eigenvalue weighted by atomic mass is 9.80. The first-order valence-corrected chi connectivity index (χ1v) is 18.7. The van der Waals surface area contributed by atoms with Crippen LogP contribution in [0.2, 0.25) is 0 Å². The number of pyridine rings is 2. The maximum absolute atomic E-state index is 15.3. The Bertz CT molecular complexity index is 1940. The number of halogens is 3. The van der Waals surface area contributed by atoms with E-state index in [0.717, 1.165) is 63.9 Å². The summed E-state index contributed by atoms with van der Waals surface area (Å²) < 4.78 is 49.6. The number of likely N-dealkylation sites (tertiary alicyclic amines) is 1. The van der Waals surface area contributed by atoms with Gasteiger partial charge in [-0.15, -0.1) is 0 Å². The molecule has 0 radical (unpaired) electrons. The number of nitrogens with one attached hydrogen (secondary N) is 2. The van der Waals surface area contributed by atoms with Crippen molar-refractivity contribution in [3.8, 4) is 5.75 Å². The topological polar surface area (TPSA) is 121 Å². The molecule has 1 aromatic carbocycles. The number of alkyl halides is 2. The number of imide groups is 1. The van der Waals surface area contributed by atoms with Gasteiger partial charge in [-0.25, -0.2) is 23.1 Å². The summed E-state index contributed by atoms with van der Waals surface area (Å²) in [7, 11) is 0. The van der Waals surface area contributed by atoms with E-state index < -0.39 is 18.6 Å². The first kappa shape index (κ1) is 36.9.